The zero-order chi connectivity index (χ0) is 13.8. The van der Waals surface area contributed by atoms with Gasteiger partial charge in [-0.1, -0.05) is 5.92 Å². The molecule has 98 valence electrons. The molecule has 0 saturated heterocycles. The third-order valence-electron chi connectivity index (χ3n) is 2.35. The van der Waals surface area contributed by atoms with Crippen molar-refractivity contribution in [3.05, 3.63) is 18.1 Å². The van der Waals surface area contributed by atoms with Gasteiger partial charge in [0.25, 0.3) is 5.91 Å². The highest BCUT2D eigenvalue weighted by atomic mass is 16.5. The lowest BCUT2D eigenvalue weighted by atomic mass is 10.2. The Balaban J connectivity index is 2.40. The molecule has 2 rings (SSSR count). The Kier molecular flexibility index (Phi) is 3.66. The van der Waals surface area contributed by atoms with E-state index in [4.69, 9.17) is 10.5 Å². The first-order valence-corrected chi connectivity index (χ1v) is 5.84. The number of nitrogens with one attached hydrogen (secondary N) is 1. The summed E-state index contributed by atoms with van der Waals surface area (Å²) in [5.41, 5.74) is 6.53. The van der Waals surface area contributed by atoms with Crippen LogP contribution in [-0.4, -0.2) is 27.0 Å². The van der Waals surface area contributed by atoms with Crippen molar-refractivity contribution in [1.29, 1.82) is 0 Å². The summed E-state index contributed by atoms with van der Waals surface area (Å²) in [6.45, 7) is 3.85. The van der Waals surface area contributed by atoms with E-state index < -0.39 is 5.91 Å². The largest absolute Gasteiger partial charge is 0.474 e. The molecule has 0 aliphatic heterocycles. The van der Waals surface area contributed by atoms with Gasteiger partial charge in [-0.3, -0.25) is 4.79 Å². The average Bonchev–Trinajstić information content (AvgIpc) is 2.72. The number of primary amides is 1. The van der Waals surface area contributed by atoms with Gasteiger partial charge in [0, 0.05) is 12.6 Å². The molecule has 2 heterocycles. The van der Waals surface area contributed by atoms with Gasteiger partial charge >= 0.3 is 0 Å². The summed E-state index contributed by atoms with van der Waals surface area (Å²) in [4.78, 5) is 21.9. The second kappa shape index (κ2) is 5.40. The highest BCUT2D eigenvalue weighted by Crippen LogP contribution is 2.25. The Morgan fingerprint density at radius 3 is 3.00 bits per heavy atom. The van der Waals surface area contributed by atoms with E-state index in [1.807, 2.05) is 13.8 Å². The number of H-pyrrole nitrogens is 1. The van der Waals surface area contributed by atoms with Crippen molar-refractivity contribution in [3.63, 3.8) is 0 Å². The van der Waals surface area contributed by atoms with Gasteiger partial charge in [0.15, 0.2) is 0 Å². The second-order valence-corrected chi connectivity index (χ2v) is 4.23. The van der Waals surface area contributed by atoms with Crippen LogP contribution in [0.5, 0.6) is 5.88 Å². The standard InChI is InChI=1S/C13H14N4O2/c1-8(2)19-13-11-9(4-3-5-10(14)18)6-15-12(11)16-7-17-13/h6-8H,4H2,1-2H3,(H2,14,18)(H,15,16,17). The van der Waals surface area contributed by atoms with Crippen LogP contribution in [0.1, 0.15) is 19.4 Å². The van der Waals surface area contributed by atoms with Crippen molar-refractivity contribution in [2.75, 3.05) is 0 Å². The Bertz CT molecular complexity index is 664. The number of rotatable bonds is 3. The number of ether oxygens (including phenoxy) is 1. The number of hydrogen-bond donors (Lipinski definition) is 2. The van der Waals surface area contributed by atoms with E-state index in [2.05, 4.69) is 26.8 Å². The van der Waals surface area contributed by atoms with Gasteiger partial charge in [-0.25, -0.2) is 9.97 Å². The van der Waals surface area contributed by atoms with Crippen LogP contribution in [0, 0.1) is 11.8 Å². The number of carbonyl (C=O) groups is 1. The summed E-state index contributed by atoms with van der Waals surface area (Å²) in [5, 5.41) is 0.787. The molecule has 0 aromatic carbocycles. The van der Waals surface area contributed by atoms with Gasteiger partial charge in [0.2, 0.25) is 5.88 Å². The van der Waals surface area contributed by atoms with E-state index in [1.54, 1.807) is 6.20 Å². The minimum Gasteiger partial charge on any atom is -0.474 e. The van der Waals surface area contributed by atoms with Crippen LogP contribution in [0.25, 0.3) is 11.0 Å². The van der Waals surface area contributed by atoms with Gasteiger partial charge in [-0.15, -0.1) is 0 Å². The molecular weight excluding hydrogens is 244 g/mol. The number of carbonyl (C=O) groups excluding carboxylic acids is 1. The summed E-state index contributed by atoms with van der Waals surface area (Å²) in [6.07, 6.45) is 3.61. The van der Waals surface area contributed by atoms with E-state index in [0.717, 1.165) is 10.9 Å². The third-order valence-corrected chi connectivity index (χ3v) is 2.35. The molecule has 2 aromatic heterocycles. The van der Waals surface area contributed by atoms with Crippen molar-refractivity contribution in [2.24, 2.45) is 5.73 Å². The quantitative estimate of drug-likeness (QED) is 0.795. The number of aromatic nitrogens is 3. The van der Waals surface area contributed by atoms with Gasteiger partial charge in [0.1, 0.15) is 12.0 Å². The van der Waals surface area contributed by atoms with Crippen LogP contribution >= 0.6 is 0 Å². The number of nitrogens with zero attached hydrogens (tertiary/aromatic N) is 2. The van der Waals surface area contributed by atoms with E-state index in [9.17, 15) is 4.79 Å². The first kappa shape index (κ1) is 12.9. The summed E-state index contributed by atoms with van der Waals surface area (Å²) in [6, 6.07) is 0. The predicted molar refractivity (Wildman–Crippen MR) is 70.3 cm³/mol. The molecule has 0 fully saturated rings. The minimum atomic E-state index is -0.644. The smallest absolute Gasteiger partial charge is 0.293 e. The normalized spacial score (nSPS) is 10.3. The SMILES string of the molecule is CC(C)Oc1ncnc2[nH]cc(CC#CC(N)=O)c12. The highest BCUT2D eigenvalue weighted by molar-refractivity contribution is 5.92. The third kappa shape index (κ3) is 3.01. The van der Waals surface area contributed by atoms with Gasteiger partial charge < -0.3 is 15.5 Å². The Labute approximate surface area is 110 Å². The number of hydrogen-bond acceptors (Lipinski definition) is 4. The van der Waals surface area contributed by atoms with Crippen molar-refractivity contribution in [1.82, 2.24) is 15.0 Å². The van der Waals surface area contributed by atoms with Crippen LogP contribution in [0.3, 0.4) is 0 Å². The van der Waals surface area contributed by atoms with Gasteiger partial charge in [-0.2, -0.15) is 0 Å². The van der Waals surface area contributed by atoms with Crippen molar-refractivity contribution >= 4 is 16.9 Å². The maximum atomic E-state index is 10.6. The number of nitrogens with two attached hydrogens (primary N) is 1. The van der Waals surface area contributed by atoms with Crippen molar-refractivity contribution in [2.45, 2.75) is 26.4 Å². The lowest BCUT2D eigenvalue weighted by Crippen LogP contribution is -2.07. The van der Waals surface area contributed by atoms with Crippen molar-refractivity contribution in [3.8, 4) is 17.7 Å². The molecule has 19 heavy (non-hydrogen) atoms. The van der Waals surface area contributed by atoms with E-state index in [1.165, 1.54) is 6.33 Å². The van der Waals surface area contributed by atoms with Crippen LogP contribution in [0.15, 0.2) is 12.5 Å². The minimum absolute atomic E-state index is 0.0116. The maximum absolute atomic E-state index is 10.6. The zero-order valence-corrected chi connectivity index (χ0v) is 10.7. The van der Waals surface area contributed by atoms with Crippen LogP contribution in [0.2, 0.25) is 0 Å². The molecule has 1 amide bonds. The van der Waals surface area contributed by atoms with Gasteiger partial charge in [0.05, 0.1) is 11.5 Å². The number of amides is 1. The molecular formula is C13H14N4O2. The predicted octanol–water partition coefficient (Wildman–Crippen LogP) is 0.776. The molecule has 0 saturated carbocycles. The summed E-state index contributed by atoms with van der Waals surface area (Å²) in [5.74, 6) is 4.87. The molecule has 0 atom stereocenters. The summed E-state index contributed by atoms with van der Waals surface area (Å²) < 4.78 is 5.64. The first-order valence-electron chi connectivity index (χ1n) is 5.84. The molecule has 3 N–H and O–H groups in total. The Morgan fingerprint density at radius 2 is 2.32 bits per heavy atom. The fraction of sp³-hybridized carbons (Fsp3) is 0.308. The second-order valence-electron chi connectivity index (χ2n) is 4.23. The molecule has 0 unspecified atom stereocenters. The monoisotopic (exact) mass is 258 g/mol. The fourth-order valence-corrected chi connectivity index (χ4v) is 1.67. The van der Waals surface area contributed by atoms with E-state index >= 15 is 0 Å². The molecule has 0 aliphatic rings. The number of fused-ring (bicyclic) bond motifs is 1. The Morgan fingerprint density at radius 1 is 1.53 bits per heavy atom. The first-order chi connectivity index (χ1) is 9.08. The highest BCUT2D eigenvalue weighted by Gasteiger charge is 2.12. The van der Waals surface area contributed by atoms with Crippen LogP contribution in [0.4, 0.5) is 0 Å². The Hall–Kier alpha value is -2.55. The molecule has 6 nitrogen and oxygen atoms in total. The molecule has 2 aromatic rings. The molecule has 0 aliphatic carbocycles. The number of aromatic amines is 1. The molecule has 0 bridgehead atoms. The lowest BCUT2D eigenvalue weighted by molar-refractivity contribution is -0.112. The van der Waals surface area contributed by atoms with E-state index in [-0.39, 0.29) is 6.10 Å². The summed E-state index contributed by atoms with van der Waals surface area (Å²) in [7, 11) is 0. The van der Waals surface area contributed by atoms with Crippen LogP contribution < -0.4 is 10.5 Å². The molecule has 0 spiro atoms. The van der Waals surface area contributed by atoms with Crippen LogP contribution in [-0.2, 0) is 11.2 Å². The van der Waals surface area contributed by atoms with Crippen molar-refractivity contribution < 1.29 is 9.53 Å². The summed E-state index contributed by atoms with van der Waals surface area (Å²) >= 11 is 0. The molecule has 0 radical (unpaired) electrons. The topological polar surface area (TPSA) is 93.9 Å². The average molecular weight is 258 g/mol. The molecule has 6 heteroatoms. The maximum Gasteiger partial charge on any atom is 0.293 e. The van der Waals surface area contributed by atoms with Gasteiger partial charge in [-0.05, 0) is 25.3 Å². The lowest BCUT2D eigenvalue weighted by Gasteiger charge is -2.09. The fourth-order valence-electron chi connectivity index (χ4n) is 1.67. The zero-order valence-electron chi connectivity index (χ0n) is 10.7. The van der Waals surface area contributed by atoms with E-state index in [0.29, 0.717) is 17.9 Å².